The Labute approximate surface area is 405 Å². The van der Waals surface area contributed by atoms with Crippen molar-refractivity contribution >= 4 is 23.7 Å². The van der Waals surface area contributed by atoms with Crippen LogP contribution in [0.5, 0.6) is 11.5 Å². The number of benzene rings is 2. The van der Waals surface area contributed by atoms with Crippen LogP contribution in [0.4, 0.5) is 0 Å². The molecular weight excluding hydrogens is 857 g/mol. The molecule has 6 aliphatic carbocycles. The van der Waals surface area contributed by atoms with E-state index in [0.717, 1.165) is 86.8 Å². The Kier molecular flexibility index (Phi) is 15.0. The highest BCUT2D eigenvalue weighted by atomic mass is 32.2. The molecule has 10 unspecified atom stereocenters. The van der Waals surface area contributed by atoms with Gasteiger partial charge in [0.15, 0.2) is 0 Å². The smallest absolute Gasteiger partial charge is 0.312 e. The Morgan fingerprint density at radius 3 is 1.36 bits per heavy atom. The molecule has 0 saturated heterocycles. The van der Waals surface area contributed by atoms with E-state index < -0.39 is 23.0 Å². The molecular formula is C58H78O8S. The number of aliphatic hydroxyl groups is 2. The van der Waals surface area contributed by atoms with E-state index in [1.807, 2.05) is 48.5 Å². The first-order chi connectivity index (χ1) is 31.9. The fourth-order valence-corrected chi connectivity index (χ4v) is 14.5. The van der Waals surface area contributed by atoms with E-state index in [1.165, 1.54) is 11.1 Å². The van der Waals surface area contributed by atoms with Gasteiger partial charge in [0.2, 0.25) is 0 Å². The van der Waals surface area contributed by atoms with Gasteiger partial charge in [-0.2, -0.15) is 0 Å². The first-order valence-corrected chi connectivity index (χ1v) is 26.4. The fourth-order valence-electron chi connectivity index (χ4n) is 13.7. The van der Waals surface area contributed by atoms with Crippen molar-refractivity contribution in [2.24, 2.45) is 57.2 Å². The molecule has 0 bridgehead atoms. The number of fused-ring (bicyclic) bond motifs is 6. The summed E-state index contributed by atoms with van der Waals surface area (Å²) >= 11 is 1.59. The first-order valence-electron chi connectivity index (χ1n) is 25.6. The largest absolute Gasteiger partial charge is 0.491 e. The lowest BCUT2D eigenvalue weighted by Crippen LogP contribution is -2.53. The molecule has 0 heterocycles. The van der Waals surface area contributed by atoms with Gasteiger partial charge in [-0.25, -0.2) is 0 Å². The predicted molar refractivity (Wildman–Crippen MR) is 266 cm³/mol. The van der Waals surface area contributed by atoms with Crippen molar-refractivity contribution < 1.29 is 38.7 Å². The van der Waals surface area contributed by atoms with Crippen LogP contribution in [0.1, 0.15) is 132 Å². The number of rotatable bonds is 16. The van der Waals surface area contributed by atoms with Gasteiger partial charge < -0.3 is 29.2 Å². The molecule has 364 valence electrons. The Morgan fingerprint density at radius 1 is 0.597 bits per heavy atom. The Balaban J connectivity index is 0.751. The quantitative estimate of drug-likeness (QED) is 0.159. The number of hydrogen-bond acceptors (Lipinski definition) is 9. The third-order valence-electron chi connectivity index (χ3n) is 17.7. The van der Waals surface area contributed by atoms with Gasteiger partial charge in [0.1, 0.15) is 50.1 Å². The van der Waals surface area contributed by atoms with Gasteiger partial charge in [0.25, 0.3) is 0 Å². The van der Waals surface area contributed by atoms with Crippen molar-refractivity contribution in [3.05, 3.63) is 95.1 Å². The van der Waals surface area contributed by atoms with Gasteiger partial charge in [0, 0.05) is 9.79 Å². The van der Waals surface area contributed by atoms with Crippen LogP contribution in [0.2, 0.25) is 0 Å². The van der Waals surface area contributed by atoms with Crippen molar-refractivity contribution in [1.29, 1.82) is 0 Å². The second-order valence-electron chi connectivity index (χ2n) is 22.6. The van der Waals surface area contributed by atoms with Gasteiger partial charge in [-0.05, 0) is 184 Å². The minimum Gasteiger partial charge on any atom is -0.491 e. The zero-order valence-electron chi connectivity index (χ0n) is 41.6. The molecule has 67 heavy (non-hydrogen) atoms. The maximum atomic E-state index is 13.8. The molecule has 2 N–H and O–H groups in total. The standard InChI is InChI=1S/C58H78O8S/c1-37(2)39-11-23-49-41(31-39)13-25-51-55(49,5)27-9-29-57(51,7)53(61)65-35-43(59)33-63-45-15-19-47(20-16-45)67-48-21-17-46(18-22-48)64-34-44(60)36-66-54(62)58(8)30-10-28-56(6)50-24-12-40(38(3)4)32-42(50)14-26-52(56)58/h13-22,31-32,37-38,43-44,49-52,59-60H,9-12,23-30,33-36H2,1-8H3. The number of allylic oxidation sites excluding steroid dienone is 8. The third-order valence-corrected chi connectivity index (χ3v) is 18.7. The summed E-state index contributed by atoms with van der Waals surface area (Å²) in [4.78, 5) is 29.6. The van der Waals surface area contributed by atoms with Gasteiger partial charge in [-0.1, -0.05) is 102 Å². The minimum absolute atomic E-state index is 0.0185. The van der Waals surface area contributed by atoms with E-state index in [4.69, 9.17) is 18.9 Å². The molecule has 0 radical (unpaired) electrons. The summed E-state index contributed by atoms with van der Waals surface area (Å²) in [7, 11) is 0. The average molecular weight is 935 g/mol. The lowest BCUT2D eigenvalue weighted by molar-refractivity contribution is -0.173. The van der Waals surface area contributed by atoms with Crippen molar-refractivity contribution in [2.45, 2.75) is 154 Å². The van der Waals surface area contributed by atoms with Crippen LogP contribution in [0.3, 0.4) is 0 Å². The molecule has 2 saturated carbocycles. The Hall–Kier alpha value is -3.79. The third kappa shape index (κ3) is 10.3. The SMILES string of the molecule is CC(C)C1=CC2=CCC3C(C)(C(=O)OCC(O)COc4ccc(Sc5ccc(OCC(O)COC(=O)C6(C)CCCC7(C)C8CCC(C(C)C)=CC8=CCC67)cc5)cc4)CCCC3(C)C2CC1. The molecule has 0 aliphatic heterocycles. The van der Waals surface area contributed by atoms with Gasteiger partial charge in [-0.15, -0.1) is 0 Å². The average Bonchev–Trinajstić information content (AvgIpc) is 3.31. The molecule has 2 fully saturated rings. The van der Waals surface area contributed by atoms with Gasteiger partial charge in [-0.3, -0.25) is 9.59 Å². The van der Waals surface area contributed by atoms with Crippen LogP contribution in [-0.4, -0.2) is 60.8 Å². The van der Waals surface area contributed by atoms with Gasteiger partial charge >= 0.3 is 11.9 Å². The predicted octanol–water partition coefficient (Wildman–Crippen LogP) is 12.7. The molecule has 2 aromatic carbocycles. The summed E-state index contributed by atoms with van der Waals surface area (Å²) in [6, 6.07) is 15.4. The number of esters is 2. The van der Waals surface area contributed by atoms with Crippen molar-refractivity contribution in [3.8, 4) is 11.5 Å². The highest BCUT2D eigenvalue weighted by Gasteiger charge is 2.59. The highest BCUT2D eigenvalue weighted by molar-refractivity contribution is 7.99. The Bertz CT molecular complexity index is 2070. The van der Waals surface area contributed by atoms with E-state index in [0.29, 0.717) is 35.2 Å². The second kappa shape index (κ2) is 20.3. The number of aliphatic hydroxyl groups excluding tert-OH is 2. The van der Waals surface area contributed by atoms with Crippen LogP contribution in [-0.2, 0) is 19.1 Å². The lowest BCUT2D eigenvalue weighted by atomic mass is 9.47. The van der Waals surface area contributed by atoms with Crippen LogP contribution < -0.4 is 9.47 Å². The lowest BCUT2D eigenvalue weighted by Gasteiger charge is -2.57. The molecule has 6 aliphatic rings. The zero-order chi connectivity index (χ0) is 47.7. The zero-order valence-corrected chi connectivity index (χ0v) is 42.4. The van der Waals surface area contributed by atoms with E-state index in [-0.39, 0.29) is 61.0 Å². The molecule has 8 nitrogen and oxygen atoms in total. The van der Waals surface area contributed by atoms with Crippen molar-refractivity contribution in [1.82, 2.24) is 0 Å². The van der Waals surface area contributed by atoms with Crippen LogP contribution in [0.25, 0.3) is 0 Å². The first kappa shape index (κ1) is 49.6. The maximum Gasteiger partial charge on any atom is 0.312 e. The molecule has 0 amide bonds. The number of ether oxygens (including phenoxy) is 4. The maximum absolute atomic E-state index is 13.8. The highest BCUT2D eigenvalue weighted by Crippen LogP contribution is 2.64. The molecule has 0 spiro atoms. The molecule has 0 aromatic heterocycles. The van der Waals surface area contributed by atoms with Gasteiger partial charge in [0.05, 0.1) is 10.8 Å². The van der Waals surface area contributed by atoms with E-state index >= 15 is 0 Å². The summed E-state index contributed by atoms with van der Waals surface area (Å²) in [5.74, 6) is 3.37. The van der Waals surface area contributed by atoms with Crippen LogP contribution in [0.15, 0.2) is 105 Å². The van der Waals surface area contributed by atoms with Crippen molar-refractivity contribution in [3.63, 3.8) is 0 Å². The molecule has 9 heteroatoms. The summed E-state index contributed by atoms with van der Waals surface area (Å²) < 4.78 is 23.6. The van der Waals surface area contributed by atoms with E-state index in [2.05, 4.69) is 79.7 Å². The topological polar surface area (TPSA) is 112 Å². The van der Waals surface area contributed by atoms with E-state index in [1.54, 1.807) is 22.9 Å². The number of carbonyl (C=O) groups excluding carboxylic acids is 2. The normalized spacial score (nSPS) is 32.2. The molecule has 8 rings (SSSR count). The molecule has 2 aromatic rings. The summed E-state index contributed by atoms with van der Waals surface area (Å²) in [6.45, 7) is 18.0. The Morgan fingerprint density at radius 2 is 0.985 bits per heavy atom. The minimum atomic E-state index is -0.943. The summed E-state index contributed by atoms with van der Waals surface area (Å²) in [5, 5.41) is 21.6. The number of carbonyl (C=O) groups is 2. The summed E-state index contributed by atoms with van der Waals surface area (Å²) in [5.41, 5.74) is 4.98. The second-order valence-corrected chi connectivity index (χ2v) is 23.8. The van der Waals surface area contributed by atoms with Crippen LogP contribution in [0, 0.1) is 57.2 Å². The molecule has 10 atom stereocenters. The fraction of sp³-hybridized carbons (Fsp3) is 0.621. The summed E-state index contributed by atoms with van der Waals surface area (Å²) in [6.07, 6.45) is 20.1. The van der Waals surface area contributed by atoms with Crippen molar-refractivity contribution in [2.75, 3.05) is 26.4 Å². The van der Waals surface area contributed by atoms with E-state index in [9.17, 15) is 19.8 Å². The monoisotopic (exact) mass is 935 g/mol. The van der Waals surface area contributed by atoms with Crippen LogP contribution >= 0.6 is 11.8 Å². The number of hydrogen-bond donors (Lipinski definition) is 2.